The van der Waals surface area contributed by atoms with E-state index in [4.69, 9.17) is 4.74 Å². The molecular formula is C17H27N3O3. The smallest absolute Gasteiger partial charge is 0.317 e. The largest absolute Gasteiger partial charge is 0.392 e. The summed E-state index contributed by atoms with van der Waals surface area (Å²) in [4.78, 5) is 14.1. The molecule has 1 spiro atoms. The molecule has 0 radical (unpaired) electrons. The van der Waals surface area contributed by atoms with Crippen LogP contribution in [0.15, 0.2) is 24.5 Å². The molecule has 2 atom stereocenters. The lowest BCUT2D eigenvalue weighted by molar-refractivity contribution is -0.207. The molecule has 0 bridgehead atoms. The molecule has 1 saturated heterocycles. The molecule has 128 valence electrons. The fourth-order valence-electron chi connectivity index (χ4n) is 3.87. The predicted molar refractivity (Wildman–Crippen MR) is 87.1 cm³/mol. The van der Waals surface area contributed by atoms with E-state index in [1.54, 1.807) is 0 Å². The van der Waals surface area contributed by atoms with Crippen molar-refractivity contribution in [3.05, 3.63) is 24.5 Å². The number of carbonyl (C=O) groups excluding carboxylic acids is 1. The maximum absolute atomic E-state index is 12.2. The van der Waals surface area contributed by atoms with Gasteiger partial charge < -0.3 is 24.6 Å². The van der Waals surface area contributed by atoms with Crippen molar-refractivity contribution in [2.45, 2.75) is 44.9 Å². The Labute approximate surface area is 137 Å². The summed E-state index contributed by atoms with van der Waals surface area (Å²) in [5.41, 5.74) is -0.127. The van der Waals surface area contributed by atoms with Crippen LogP contribution in [0.2, 0.25) is 0 Å². The van der Waals surface area contributed by atoms with E-state index in [1.165, 1.54) is 0 Å². The van der Waals surface area contributed by atoms with Gasteiger partial charge in [0.1, 0.15) is 0 Å². The summed E-state index contributed by atoms with van der Waals surface area (Å²) in [5, 5.41) is 13.2. The summed E-state index contributed by atoms with van der Waals surface area (Å²) in [6.45, 7) is 5.46. The van der Waals surface area contributed by atoms with E-state index in [0.717, 1.165) is 25.8 Å². The van der Waals surface area contributed by atoms with Gasteiger partial charge in [0.2, 0.25) is 0 Å². The fourth-order valence-corrected chi connectivity index (χ4v) is 3.87. The zero-order chi connectivity index (χ0) is 16.3. The lowest BCUT2D eigenvalue weighted by Gasteiger charge is -2.56. The van der Waals surface area contributed by atoms with Crippen LogP contribution in [0.1, 0.15) is 26.2 Å². The van der Waals surface area contributed by atoms with Crippen LogP contribution in [0.5, 0.6) is 0 Å². The minimum atomic E-state index is -0.280. The van der Waals surface area contributed by atoms with Gasteiger partial charge in [-0.2, -0.15) is 0 Å². The molecule has 1 aromatic rings. The third-order valence-electron chi connectivity index (χ3n) is 5.40. The number of piperidine rings is 1. The minimum Gasteiger partial charge on any atom is -0.392 e. The second kappa shape index (κ2) is 6.93. The Hall–Kier alpha value is -1.53. The van der Waals surface area contributed by atoms with Gasteiger partial charge in [-0.15, -0.1) is 0 Å². The van der Waals surface area contributed by atoms with Gasteiger partial charge >= 0.3 is 6.03 Å². The summed E-state index contributed by atoms with van der Waals surface area (Å²) in [5.74, 6) is 0. The highest BCUT2D eigenvalue weighted by Crippen LogP contribution is 2.50. The number of aliphatic hydroxyl groups is 1. The normalized spacial score (nSPS) is 26.1. The van der Waals surface area contributed by atoms with Gasteiger partial charge in [-0.25, -0.2) is 4.79 Å². The Morgan fingerprint density at radius 3 is 2.65 bits per heavy atom. The number of likely N-dealkylation sites (tertiary alicyclic amines) is 1. The summed E-state index contributed by atoms with van der Waals surface area (Å²) < 4.78 is 7.81. The van der Waals surface area contributed by atoms with Gasteiger partial charge in [-0.05, 0) is 31.9 Å². The summed E-state index contributed by atoms with van der Waals surface area (Å²) in [6, 6.07) is 3.95. The van der Waals surface area contributed by atoms with Crippen molar-refractivity contribution < 1.29 is 14.6 Å². The molecule has 23 heavy (non-hydrogen) atoms. The lowest BCUT2D eigenvalue weighted by atomic mass is 9.58. The van der Waals surface area contributed by atoms with Crippen molar-refractivity contribution in [3.8, 4) is 0 Å². The maximum Gasteiger partial charge on any atom is 0.317 e. The van der Waals surface area contributed by atoms with Crippen LogP contribution in [-0.4, -0.2) is 59.1 Å². The van der Waals surface area contributed by atoms with Gasteiger partial charge in [0, 0.05) is 57.0 Å². The number of carbonyl (C=O) groups is 1. The molecule has 1 aromatic heterocycles. The second-order valence-electron chi connectivity index (χ2n) is 6.57. The van der Waals surface area contributed by atoms with Gasteiger partial charge in [-0.3, -0.25) is 0 Å². The quantitative estimate of drug-likeness (QED) is 0.862. The highest BCUT2D eigenvalue weighted by Gasteiger charge is 2.56. The number of hydrogen-bond acceptors (Lipinski definition) is 3. The molecular weight excluding hydrogens is 294 g/mol. The number of urea groups is 1. The van der Waals surface area contributed by atoms with E-state index in [0.29, 0.717) is 26.2 Å². The van der Waals surface area contributed by atoms with Crippen LogP contribution in [0.25, 0.3) is 0 Å². The Balaban J connectivity index is 1.44. The van der Waals surface area contributed by atoms with Crippen molar-refractivity contribution in [2.75, 3.05) is 26.2 Å². The van der Waals surface area contributed by atoms with Gasteiger partial charge in [0.25, 0.3) is 0 Å². The molecule has 6 heteroatoms. The first-order valence-corrected chi connectivity index (χ1v) is 8.59. The van der Waals surface area contributed by atoms with Gasteiger partial charge in [0.05, 0.1) is 12.2 Å². The number of nitrogens with zero attached hydrogens (tertiary/aromatic N) is 2. The average molecular weight is 321 g/mol. The van der Waals surface area contributed by atoms with Crippen molar-refractivity contribution in [1.82, 2.24) is 14.8 Å². The third kappa shape index (κ3) is 3.23. The summed E-state index contributed by atoms with van der Waals surface area (Å²) in [6.07, 6.45) is 6.23. The molecule has 1 saturated carbocycles. The Bertz CT molecular complexity index is 507. The Morgan fingerprint density at radius 1 is 1.35 bits per heavy atom. The number of nitrogens with one attached hydrogen (secondary N) is 1. The molecule has 2 fully saturated rings. The van der Waals surface area contributed by atoms with E-state index >= 15 is 0 Å². The third-order valence-corrected chi connectivity index (χ3v) is 5.40. The monoisotopic (exact) mass is 321 g/mol. The zero-order valence-corrected chi connectivity index (χ0v) is 13.8. The number of aromatic nitrogens is 1. The molecule has 1 aliphatic carbocycles. The predicted octanol–water partition coefficient (Wildman–Crippen LogP) is 1.45. The molecule has 2 N–H and O–H groups in total. The number of ether oxygens (including phenoxy) is 1. The molecule has 2 amide bonds. The van der Waals surface area contributed by atoms with E-state index in [1.807, 2.05) is 40.9 Å². The first-order valence-electron chi connectivity index (χ1n) is 8.59. The molecule has 0 aromatic carbocycles. The molecule has 6 nitrogen and oxygen atoms in total. The summed E-state index contributed by atoms with van der Waals surface area (Å²) in [7, 11) is 0. The highest BCUT2D eigenvalue weighted by molar-refractivity contribution is 5.74. The number of aliphatic hydroxyl groups excluding tert-OH is 1. The molecule has 2 aliphatic rings. The van der Waals surface area contributed by atoms with Crippen LogP contribution in [0.4, 0.5) is 4.79 Å². The molecule has 2 heterocycles. The molecule has 1 aliphatic heterocycles. The number of rotatable bonds is 5. The standard InChI is InChI=1S/C17H27N3O3/c1-2-23-15-13-14(21)17(15)5-10-20(11-6-17)16(22)18-7-12-19-8-3-4-9-19/h3-4,8-9,14-15,21H,2,5-7,10-13H2,1H3,(H,18,22). The fraction of sp³-hybridized carbons (Fsp3) is 0.706. The van der Waals surface area contributed by atoms with E-state index in [2.05, 4.69) is 5.32 Å². The lowest BCUT2D eigenvalue weighted by Crippen LogP contribution is -2.63. The van der Waals surface area contributed by atoms with E-state index in [9.17, 15) is 9.90 Å². The molecule has 3 rings (SSSR count). The van der Waals surface area contributed by atoms with Crippen molar-refractivity contribution in [2.24, 2.45) is 5.41 Å². The van der Waals surface area contributed by atoms with Crippen molar-refractivity contribution in [3.63, 3.8) is 0 Å². The van der Waals surface area contributed by atoms with Crippen molar-refractivity contribution >= 4 is 6.03 Å². The van der Waals surface area contributed by atoms with Crippen LogP contribution in [-0.2, 0) is 11.3 Å². The van der Waals surface area contributed by atoms with E-state index in [-0.39, 0.29) is 23.7 Å². The zero-order valence-electron chi connectivity index (χ0n) is 13.8. The first-order chi connectivity index (χ1) is 11.2. The second-order valence-corrected chi connectivity index (χ2v) is 6.57. The van der Waals surface area contributed by atoms with Gasteiger partial charge in [-0.1, -0.05) is 0 Å². The van der Waals surface area contributed by atoms with Crippen LogP contribution >= 0.6 is 0 Å². The topological polar surface area (TPSA) is 66.7 Å². The number of amides is 2. The van der Waals surface area contributed by atoms with Crippen LogP contribution < -0.4 is 5.32 Å². The highest BCUT2D eigenvalue weighted by atomic mass is 16.5. The van der Waals surface area contributed by atoms with Crippen molar-refractivity contribution in [1.29, 1.82) is 0 Å². The molecule has 2 unspecified atom stereocenters. The summed E-state index contributed by atoms with van der Waals surface area (Å²) >= 11 is 0. The average Bonchev–Trinajstić information content (AvgIpc) is 3.08. The van der Waals surface area contributed by atoms with E-state index < -0.39 is 0 Å². The first kappa shape index (κ1) is 16.3. The maximum atomic E-state index is 12.2. The van der Waals surface area contributed by atoms with Crippen LogP contribution in [0.3, 0.4) is 0 Å². The minimum absolute atomic E-state index is 0.00576. The Kier molecular flexibility index (Phi) is 4.92. The van der Waals surface area contributed by atoms with Gasteiger partial charge in [0.15, 0.2) is 0 Å². The Morgan fingerprint density at radius 2 is 2.04 bits per heavy atom. The van der Waals surface area contributed by atoms with Crippen LogP contribution in [0, 0.1) is 5.41 Å². The number of hydrogen-bond donors (Lipinski definition) is 2. The SMILES string of the molecule is CCOC1CC(O)C12CCN(C(=O)NCCn1cccc1)CC2.